The van der Waals surface area contributed by atoms with Crippen LogP contribution in [0.15, 0.2) is 182 Å². The third-order valence-electron chi connectivity index (χ3n) is 9.44. The molecule has 0 aliphatic rings. The van der Waals surface area contributed by atoms with E-state index in [0.717, 1.165) is 0 Å². The molecule has 0 aliphatic carbocycles. The van der Waals surface area contributed by atoms with Crippen molar-refractivity contribution in [2.45, 2.75) is 0 Å². The Balaban J connectivity index is 1.31. The van der Waals surface area contributed by atoms with Crippen LogP contribution in [0.3, 0.4) is 0 Å². The minimum absolute atomic E-state index is 1.23. The van der Waals surface area contributed by atoms with E-state index in [-0.39, 0.29) is 0 Å². The van der Waals surface area contributed by atoms with Crippen molar-refractivity contribution < 1.29 is 0 Å². The summed E-state index contributed by atoms with van der Waals surface area (Å²) < 4.78 is 0. The first-order chi connectivity index (χ1) is 22.8. The standard InChI is InChI=1S/C46H30/c1-2-15-33-29-35(28-27-31(33)13-1)39-20-5-6-21-40(39)46-43-24-9-7-22-41(43)45(42-23-8-10-25-44(42)46)36-18-11-17-34(30-36)38-26-12-16-32-14-3-4-19-37(32)38/h1-30H. The molecule has 0 saturated carbocycles. The van der Waals surface area contributed by atoms with Crippen LogP contribution < -0.4 is 0 Å². The highest BCUT2D eigenvalue weighted by atomic mass is 14.2. The summed E-state index contributed by atoms with van der Waals surface area (Å²) in [6.45, 7) is 0. The lowest BCUT2D eigenvalue weighted by molar-refractivity contribution is 1.62. The number of fused-ring (bicyclic) bond motifs is 4. The van der Waals surface area contributed by atoms with Crippen molar-refractivity contribution in [2.75, 3.05) is 0 Å². The van der Waals surface area contributed by atoms with Gasteiger partial charge in [0.1, 0.15) is 0 Å². The minimum Gasteiger partial charge on any atom is -0.0616 e. The predicted molar refractivity (Wildman–Crippen MR) is 198 cm³/mol. The molecule has 46 heavy (non-hydrogen) atoms. The van der Waals surface area contributed by atoms with Crippen molar-refractivity contribution in [1.82, 2.24) is 0 Å². The van der Waals surface area contributed by atoms with Gasteiger partial charge < -0.3 is 0 Å². The highest BCUT2D eigenvalue weighted by Crippen LogP contribution is 2.46. The zero-order valence-electron chi connectivity index (χ0n) is 25.3. The fraction of sp³-hybridized carbons (Fsp3) is 0. The molecule has 9 aromatic rings. The lowest BCUT2D eigenvalue weighted by Gasteiger charge is -2.20. The molecule has 0 N–H and O–H groups in total. The molecule has 0 aliphatic heterocycles. The Kier molecular flexibility index (Phi) is 6.25. The van der Waals surface area contributed by atoms with Gasteiger partial charge in [0.15, 0.2) is 0 Å². The number of rotatable bonds is 4. The van der Waals surface area contributed by atoms with Crippen LogP contribution in [0.25, 0.3) is 87.6 Å². The highest BCUT2D eigenvalue weighted by Gasteiger charge is 2.19. The van der Waals surface area contributed by atoms with Gasteiger partial charge in [-0.1, -0.05) is 170 Å². The van der Waals surface area contributed by atoms with Crippen LogP contribution in [0.5, 0.6) is 0 Å². The van der Waals surface area contributed by atoms with Crippen LogP contribution >= 0.6 is 0 Å². The van der Waals surface area contributed by atoms with E-state index in [1.807, 2.05) is 0 Å². The molecule has 0 spiro atoms. The molecule has 9 rings (SSSR count). The van der Waals surface area contributed by atoms with Gasteiger partial charge in [0.25, 0.3) is 0 Å². The van der Waals surface area contributed by atoms with Crippen LogP contribution in [0.1, 0.15) is 0 Å². The van der Waals surface area contributed by atoms with Gasteiger partial charge in [-0.25, -0.2) is 0 Å². The van der Waals surface area contributed by atoms with Crippen LogP contribution in [0.4, 0.5) is 0 Å². The second kappa shape index (κ2) is 10.9. The van der Waals surface area contributed by atoms with Crippen LogP contribution in [-0.2, 0) is 0 Å². The molecule has 0 atom stereocenters. The summed E-state index contributed by atoms with van der Waals surface area (Å²) >= 11 is 0. The van der Waals surface area contributed by atoms with E-state index in [1.54, 1.807) is 0 Å². The molecular weight excluding hydrogens is 553 g/mol. The molecule has 214 valence electrons. The van der Waals surface area contributed by atoms with Gasteiger partial charge in [0, 0.05) is 0 Å². The van der Waals surface area contributed by atoms with Gasteiger partial charge in [-0.3, -0.25) is 0 Å². The van der Waals surface area contributed by atoms with E-state index in [1.165, 1.54) is 87.6 Å². The molecular formula is C46H30. The van der Waals surface area contributed by atoms with Gasteiger partial charge in [0.05, 0.1) is 0 Å². The van der Waals surface area contributed by atoms with Crippen molar-refractivity contribution >= 4 is 43.1 Å². The Bertz CT molecular complexity index is 2520. The highest BCUT2D eigenvalue weighted by molar-refractivity contribution is 6.22. The van der Waals surface area contributed by atoms with Crippen molar-refractivity contribution in [2.24, 2.45) is 0 Å². The predicted octanol–water partition coefficient (Wildman–Crippen LogP) is 13.0. The average molecular weight is 583 g/mol. The number of hydrogen-bond donors (Lipinski definition) is 0. The van der Waals surface area contributed by atoms with E-state index in [0.29, 0.717) is 0 Å². The first kappa shape index (κ1) is 26.4. The molecule has 0 radical (unpaired) electrons. The first-order valence-electron chi connectivity index (χ1n) is 15.9. The summed E-state index contributed by atoms with van der Waals surface area (Å²) in [5.74, 6) is 0. The molecule has 0 aromatic heterocycles. The summed E-state index contributed by atoms with van der Waals surface area (Å²) in [5, 5.41) is 10.1. The van der Waals surface area contributed by atoms with Crippen molar-refractivity contribution in [3.63, 3.8) is 0 Å². The first-order valence-corrected chi connectivity index (χ1v) is 15.9. The summed E-state index contributed by atoms with van der Waals surface area (Å²) in [7, 11) is 0. The lowest BCUT2D eigenvalue weighted by atomic mass is 9.83. The number of hydrogen-bond acceptors (Lipinski definition) is 0. The van der Waals surface area contributed by atoms with E-state index in [2.05, 4.69) is 182 Å². The van der Waals surface area contributed by atoms with Crippen LogP contribution in [0.2, 0.25) is 0 Å². The summed E-state index contributed by atoms with van der Waals surface area (Å²) in [4.78, 5) is 0. The van der Waals surface area contributed by atoms with Gasteiger partial charge in [-0.15, -0.1) is 0 Å². The topological polar surface area (TPSA) is 0 Å². The Morgan fingerprint density at radius 2 is 0.696 bits per heavy atom. The quantitative estimate of drug-likeness (QED) is 0.181. The maximum atomic E-state index is 2.37. The van der Waals surface area contributed by atoms with E-state index >= 15 is 0 Å². The number of benzene rings is 9. The molecule has 0 amide bonds. The zero-order valence-corrected chi connectivity index (χ0v) is 25.3. The summed E-state index contributed by atoms with van der Waals surface area (Å²) in [5.41, 5.74) is 10.0. The maximum absolute atomic E-state index is 2.37. The van der Waals surface area contributed by atoms with Gasteiger partial charge in [-0.2, -0.15) is 0 Å². The molecule has 0 saturated heterocycles. The molecule has 0 unspecified atom stereocenters. The second-order valence-corrected chi connectivity index (χ2v) is 12.1. The molecule has 0 heterocycles. The second-order valence-electron chi connectivity index (χ2n) is 12.1. The largest absolute Gasteiger partial charge is 0.0616 e. The van der Waals surface area contributed by atoms with E-state index in [4.69, 9.17) is 0 Å². The van der Waals surface area contributed by atoms with Crippen molar-refractivity contribution in [1.29, 1.82) is 0 Å². The maximum Gasteiger partial charge on any atom is -0.00201 e. The monoisotopic (exact) mass is 582 g/mol. The van der Waals surface area contributed by atoms with E-state index < -0.39 is 0 Å². The Hall–Kier alpha value is -5.98. The minimum atomic E-state index is 1.23. The fourth-order valence-corrected chi connectivity index (χ4v) is 7.36. The normalized spacial score (nSPS) is 11.5. The third-order valence-corrected chi connectivity index (χ3v) is 9.44. The molecule has 0 heteroatoms. The molecule has 0 nitrogen and oxygen atoms in total. The van der Waals surface area contributed by atoms with Gasteiger partial charge in [0.2, 0.25) is 0 Å². The molecule has 0 fully saturated rings. The Morgan fingerprint density at radius 1 is 0.217 bits per heavy atom. The molecule has 9 aromatic carbocycles. The fourth-order valence-electron chi connectivity index (χ4n) is 7.36. The average Bonchev–Trinajstić information content (AvgIpc) is 3.13. The van der Waals surface area contributed by atoms with Gasteiger partial charge in [-0.05, 0) is 99.7 Å². The van der Waals surface area contributed by atoms with E-state index in [9.17, 15) is 0 Å². The zero-order chi connectivity index (χ0) is 30.5. The van der Waals surface area contributed by atoms with Crippen molar-refractivity contribution in [3.05, 3.63) is 182 Å². The smallest absolute Gasteiger partial charge is 0.00201 e. The summed E-state index contributed by atoms with van der Waals surface area (Å²) in [6.07, 6.45) is 0. The van der Waals surface area contributed by atoms with Gasteiger partial charge >= 0.3 is 0 Å². The van der Waals surface area contributed by atoms with Crippen LogP contribution in [-0.4, -0.2) is 0 Å². The Labute approximate surface area is 268 Å². The lowest BCUT2D eigenvalue weighted by Crippen LogP contribution is -1.93. The Morgan fingerprint density at radius 3 is 1.43 bits per heavy atom. The third kappa shape index (κ3) is 4.30. The summed E-state index contributed by atoms with van der Waals surface area (Å²) in [6, 6.07) is 66.6. The van der Waals surface area contributed by atoms with Crippen molar-refractivity contribution in [3.8, 4) is 44.5 Å². The van der Waals surface area contributed by atoms with Crippen LogP contribution in [0, 0.1) is 0 Å². The molecule has 0 bridgehead atoms. The SMILES string of the molecule is c1cc(-c2cccc3ccccc23)cc(-c2c3ccccc3c(-c3ccccc3-c3ccc4ccccc4c3)c3ccccc23)c1.